The lowest BCUT2D eigenvalue weighted by molar-refractivity contribution is 0.106. The van der Waals surface area contributed by atoms with E-state index in [0.29, 0.717) is 18.1 Å². The predicted molar refractivity (Wildman–Crippen MR) is 123 cm³/mol. The van der Waals surface area contributed by atoms with Crippen molar-refractivity contribution in [2.75, 3.05) is 6.61 Å². The minimum atomic E-state index is -1.49. The lowest BCUT2D eigenvalue weighted by atomic mass is 9.86. The number of aromatic nitrogens is 3. The smallest absolute Gasteiger partial charge is 0.190 e. The summed E-state index contributed by atoms with van der Waals surface area (Å²) in [6.45, 7) is 6.89. The van der Waals surface area contributed by atoms with Crippen molar-refractivity contribution in [1.29, 1.82) is 0 Å². The zero-order valence-corrected chi connectivity index (χ0v) is 18.3. The molecule has 160 valence electrons. The van der Waals surface area contributed by atoms with Crippen LogP contribution in [0.4, 0.5) is 0 Å². The second-order valence-corrected chi connectivity index (χ2v) is 8.08. The molecular weight excluding hydrogens is 386 g/mol. The molecule has 0 spiro atoms. The number of aryl methyl sites for hydroxylation is 4. The van der Waals surface area contributed by atoms with Crippen LogP contribution in [0.15, 0.2) is 60.8 Å². The third kappa shape index (κ3) is 3.75. The molecule has 0 aliphatic heterocycles. The van der Waals surface area contributed by atoms with Crippen LogP contribution in [0, 0.1) is 13.8 Å². The van der Waals surface area contributed by atoms with Crippen molar-refractivity contribution in [3.63, 3.8) is 0 Å². The van der Waals surface area contributed by atoms with E-state index in [-0.39, 0.29) is 6.61 Å². The molecule has 0 fully saturated rings. The Morgan fingerprint density at radius 1 is 1.03 bits per heavy atom. The molecule has 2 aromatic carbocycles. The molecule has 2 aromatic heterocycles. The van der Waals surface area contributed by atoms with Crippen molar-refractivity contribution >= 4 is 11.0 Å². The molecular formula is C26H29N3O2. The Labute approximate surface area is 183 Å². The monoisotopic (exact) mass is 415 g/mol. The van der Waals surface area contributed by atoms with E-state index in [0.717, 1.165) is 46.1 Å². The third-order valence-corrected chi connectivity index (χ3v) is 5.90. The quantitative estimate of drug-likeness (QED) is 0.473. The number of benzene rings is 2. The van der Waals surface area contributed by atoms with Crippen LogP contribution < -0.4 is 0 Å². The van der Waals surface area contributed by atoms with Gasteiger partial charge >= 0.3 is 0 Å². The van der Waals surface area contributed by atoms with Gasteiger partial charge in [0.15, 0.2) is 11.4 Å². The van der Waals surface area contributed by atoms with Gasteiger partial charge in [0.25, 0.3) is 0 Å². The Balaban J connectivity index is 1.99. The molecule has 0 aliphatic carbocycles. The Morgan fingerprint density at radius 2 is 1.81 bits per heavy atom. The van der Waals surface area contributed by atoms with Crippen LogP contribution in [-0.2, 0) is 18.6 Å². The van der Waals surface area contributed by atoms with Gasteiger partial charge in [-0.1, -0.05) is 42.0 Å². The maximum atomic E-state index is 12.3. The number of imidazole rings is 1. The summed E-state index contributed by atoms with van der Waals surface area (Å²) in [6, 6.07) is 17.9. The molecule has 0 saturated carbocycles. The van der Waals surface area contributed by atoms with Gasteiger partial charge in [0.05, 0.1) is 16.7 Å². The zero-order valence-electron chi connectivity index (χ0n) is 18.3. The summed E-state index contributed by atoms with van der Waals surface area (Å²) >= 11 is 0. The van der Waals surface area contributed by atoms with Crippen molar-refractivity contribution in [2.24, 2.45) is 0 Å². The lowest BCUT2D eigenvalue weighted by Gasteiger charge is -2.29. The molecule has 4 aromatic rings. The average Bonchev–Trinajstić information content (AvgIpc) is 3.16. The minimum Gasteiger partial charge on any atom is -0.396 e. The van der Waals surface area contributed by atoms with E-state index in [1.54, 1.807) is 6.20 Å². The zero-order chi connectivity index (χ0) is 22.0. The first kappa shape index (κ1) is 21.2. The number of pyridine rings is 1. The Bertz CT molecular complexity index is 1200. The van der Waals surface area contributed by atoms with Gasteiger partial charge < -0.3 is 14.8 Å². The van der Waals surface area contributed by atoms with Crippen LogP contribution in [0.25, 0.3) is 11.0 Å². The highest BCUT2D eigenvalue weighted by Gasteiger charge is 2.41. The summed E-state index contributed by atoms with van der Waals surface area (Å²) in [6.07, 6.45) is 3.24. The van der Waals surface area contributed by atoms with E-state index in [1.165, 1.54) is 0 Å². The van der Waals surface area contributed by atoms with Crippen LogP contribution >= 0.6 is 0 Å². The molecule has 5 nitrogen and oxygen atoms in total. The van der Waals surface area contributed by atoms with Gasteiger partial charge in [-0.05, 0) is 68.5 Å². The number of hydrogen-bond donors (Lipinski definition) is 2. The first-order valence-corrected chi connectivity index (χ1v) is 10.8. The van der Waals surface area contributed by atoms with E-state index in [9.17, 15) is 10.2 Å². The number of fused-ring (bicyclic) bond motifs is 1. The van der Waals surface area contributed by atoms with Gasteiger partial charge in [-0.25, -0.2) is 4.98 Å². The summed E-state index contributed by atoms with van der Waals surface area (Å²) in [7, 11) is 0. The fourth-order valence-corrected chi connectivity index (χ4v) is 4.23. The Morgan fingerprint density at radius 3 is 2.48 bits per heavy atom. The average molecular weight is 416 g/mol. The number of hydrogen-bond acceptors (Lipinski definition) is 4. The standard InChI is InChI=1S/C26H29N3O2/c1-4-29-23-17-20(8-6-16-30)11-14-22(23)28-25(29)26(31,21-12-9-18(2)10-13-21)24-19(3)7-5-15-27-24/h5,7,9-15,17,30-31H,4,6,8,16H2,1-3H3. The third-order valence-electron chi connectivity index (χ3n) is 5.90. The van der Waals surface area contributed by atoms with Crippen molar-refractivity contribution in [3.8, 4) is 0 Å². The first-order chi connectivity index (χ1) is 15.0. The highest BCUT2D eigenvalue weighted by Crippen LogP contribution is 2.38. The number of aliphatic hydroxyl groups excluding tert-OH is 1. The highest BCUT2D eigenvalue weighted by molar-refractivity contribution is 5.77. The molecule has 1 atom stereocenters. The molecule has 31 heavy (non-hydrogen) atoms. The fraction of sp³-hybridized carbons (Fsp3) is 0.308. The summed E-state index contributed by atoms with van der Waals surface area (Å²) in [5.74, 6) is 0.565. The summed E-state index contributed by atoms with van der Waals surface area (Å²) < 4.78 is 2.08. The second-order valence-electron chi connectivity index (χ2n) is 8.08. The molecule has 0 amide bonds. The molecule has 5 heteroatoms. The molecule has 2 N–H and O–H groups in total. The van der Waals surface area contributed by atoms with Gasteiger partial charge in [0.1, 0.15) is 0 Å². The molecule has 4 rings (SSSR count). The van der Waals surface area contributed by atoms with Crippen LogP contribution in [0.3, 0.4) is 0 Å². The SMILES string of the molecule is CCn1c(C(O)(c2ccc(C)cc2)c2ncccc2C)nc2ccc(CCCO)cc21. The summed E-state index contributed by atoms with van der Waals surface area (Å²) in [4.78, 5) is 9.51. The second kappa shape index (κ2) is 8.61. The molecule has 1 unspecified atom stereocenters. The molecule has 0 aliphatic rings. The van der Waals surface area contributed by atoms with Crippen molar-refractivity contribution in [3.05, 3.63) is 94.6 Å². The van der Waals surface area contributed by atoms with Gasteiger partial charge in [-0.15, -0.1) is 0 Å². The normalized spacial score (nSPS) is 13.5. The van der Waals surface area contributed by atoms with E-state index < -0.39 is 5.60 Å². The van der Waals surface area contributed by atoms with Crippen molar-refractivity contribution in [2.45, 2.75) is 45.8 Å². The van der Waals surface area contributed by atoms with Crippen molar-refractivity contribution in [1.82, 2.24) is 14.5 Å². The van der Waals surface area contributed by atoms with Crippen LogP contribution in [0.2, 0.25) is 0 Å². The first-order valence-electron chi connectivity index (χ1n) is 10.8. The molecule has 0 bridgehead atoms. The maximum Gasteiger partial charge on any atom is 0.190 e. The number of rotatable bonds is 7. The minimum absolute atomic E-state index is 0.169. The van der Waals surface area contributed by atoms with Crippen molar-refractivity contribution < 1.29 is 10.2 Å². The summed E-state index contributed by atoms with van der Waals surface area (Å²) in [5.41, 5.74) is 4.84. The number of aliphatic hydroxyl groups is 2. The number of nitrogens with zero attached hydrogens (tertiary/aromatic N) is 3. The van der Waals surface area contributed by atoms with E-state index in [4.69, 9.17) is 4.98 Å². The van der Waals surface area contributed by atoms with E-state index in [2.05, 4.69) is 22.5 Å². The topological polar surface area (TPSA) is 71.2 Å². The lowest BCUT2D eigenvalue weighted by Crippen LogP contribution is -2.34. The Hall–Kier alpha value is -3.02. The highest BCUT2D eigenvalue weighted by atomic mass is 16.3. The van der Waals surface area contributed by atoms with E-state index in [1.807, 2.05) is 62.4 Å². The van der Waals surface area contributed by atoms with Crippen LogP contribution in [0.5, 0.6) is 0 Å². The van der Waals surface area contributed by atoms with Gasteiger partial charge in [0.2, 0.25) is 0 Å². The van der Waals surface area contributed by atoms with Gasteiger partial charge in [-0.3, -0.25) is 4.98 Å². The summed E-state index contributed by atoms with van der Waals surface area (Å²) in [5, 5.41) is 21.5. The maximum absolute atomic E-state index is 12.3. The van der Waals surface area contributed by atoms with Gasteiger partial charge in [0, 0.05) is 19.3 Å². The Kier molecular flexibility index (Phi) is 5.90. The van der Waals surface area contributed by atoms with Crippen LogP contribution in [0.1, 0.15) is 47.1 Å². The van der Waals surface area contributed by atoms with E-state index >= 15 is 0 Å². The molecule has 2 heterocycles. The molecule has 0 radical (unpaired) electrons. The predicted octanol–water partition coefficient (Wildman–Crippen LogP) is 4.28. The molecule has 0 saturated heterocycles. The fourth-order valence-electron chi connectivity index (χ4n) is 4.23. The van der Waals surface area contributed by atoms with Gasteiger partial charge in [-0.2, -0.15) is 0 Å². The largest absolute Gasteiger partial charge is 0.396 e. The van der Waals surface area contributed by atoms with Crippen LogP contribution in [-0.4, -0.2) is 31.4 Å².